The third kappa shape index (κ3) is 7.91. The second-order valence-corrected chi connectivity index (χ2v) is 10.6. The maximum atomic E-state index is 12.1. The summed E-state index contributed by atoms with van der Waals surface area (Å²) in [5.74, 6) is -0.848. The van der Waals surface area contributed by atoms with Gasteiger partial charge in [-0.1, -0.05) is 54.8 Å². The van der Waals surface area contributed by atoms with Crippen molar-refractivity contribution in [3.8, 4) is 0 Å². The van der Waals surface area contributed by atoms with Gasteiger partial charge in [0.1, 0.15) is 5.60 Å². The lowest BCUT2D eigenvalue weighted by Crippen LogP contribution is -2.49. The minimum atomic E-state index is -0.973. The van der Waals surface area contributed by atoms with E-state index in [0.717, 1.165) is 22.9 Å². The Labute approximate surface area is 188 Å². The molecule has 1 rings (SSSR count). The molecule has 0 radical (unpaired) electrons. The monoisotopic (exact) mass is 485 g/mol. The number of carbonyl (C=O) groups is 2. The molecule has 3 N–H and O–H groups in total. The number of aliphatic hydroxyl groups is 1. The predicted molar refractivity (Wildman–Crippen MR) is 122 cm³/mol. The fourth-order valence-electron chi connectivity index (χ4n) is 3.38. The number of aliphatic carboxylic acids is 1. The number of alkyl carbamates (subject to hydrolysis) is 1. The van der Waals surface area contributed by atoms with Gasteiger partial charge in [-0.05, 0) is 63.6 Å². The summed E-state index contributed by atoms with van der Waals surface area (Å²) in [6.45, 7) is 10.9. The molecule has 0 spiro atoms. The van der Waals surface area contributed by atoms with Crippen molar-refractivity contribution in [3.05, 3.63) is 34.3 Å². The molecule has 0 saturated carbocycles. The largest absolute Gasteiger partial charge is 0.481 e. The second kappa shape index (κ2) is 10.6. The van der Waals surface area contributed by atoms with Crippen molar-refractivity contribution in [2.24, 2.45) is 5.41 Å². The number of aliphatic hydroxyl groups excluding tert-OH is 1. The fourth-order valence-corrected chi connectivity index (χ4v) is 3.78. The van der Waals surface area contributed by atoms with Crippen LogP contribution >= 0.6 is 15.9 Å². The number of ether oxygens (including phenoxy) is 1. The van der Waals surface area contributed by atoms with Crippen LogP contribution in [0.2, 0.25) is 0 Å². The first kappa shape index (κ1) is 26.4. The van der Waals surface area contributed by atoms with Crippen molar-refractivity contribution in [3.63, 3.8) is 0 Å². The van der Waals surface area contributed by atoms with Gasteiger partial charge in [0.15, 0.2) is 0 Å². The Hall–Kier alpha value is -1.60. The van der Waals surface area contributed by atoms with E-state index in [9.17, 15) is 19.8 Å². The minimum absolute atomic E-state index is 0.197. The quantitative estimate of drug-likeness (QED) is 0.392. The topological polar surface area (TPSA) is 95.9 Å². The number of halogens is 1. The molecule has 2 atom stereocenters. The van der Waals surface area contributed by atoms with Crippen LogP contribution in [-0.2, 0) is 14.9 Å². The molecule has 170 valence electrons. The summed E-state index contributed by atoms with van der Waals surface area (Å²) in [5, 5.41) is 22.4. The first-order chi connectivity index (χ1) is 13.7. The number of carboxylic acid groups (broad SMARTS) is 1. The Kier molecular flexibility index (Phi) is 9.36. The lowest BCUT2D eigenvalue weighted by atomic mass is 9.76. The number of carboxylic acids is 1. The van der Waals surface area contributed by atoms with E-state index in [1.807, 2.05) is 38.1 Å². The van der Waals surface area contributed by atoms with Crippen LogP contribution in [0.4, 0.5) is 4.79 Å². The molecule has 0 aliphatic carbocycles. The molecular weight excluding hydrogens is 450 g/mol. The van der Waals surface area contributed by atoms with Crippen LogP contribution < -0.4 is 5.32 Å². The molecular formula is C23H36BrNO5. The second-order valence-electron chi connectivity index (χ2n) is 9.72. The van der Waals surface area contributed by atoms with Gasteiger partial charge in [-0.25, -0.2) is 4.79 Å². The van der Waals surface area contributed by atoms with E-state index in [1.165, 1.54) is 0 Å². The lowest BCUT2D eigenvalue weighted by Gasteiger charge is -2.35. The predicted octanol–water partition coefficient (Wildman–Crippen LogP) is 5.26. The van der Waals surface area contributed by atoms with Crippen LogP contribution in [0.15, 0.2) is 28.7 Å². The first-order valence-corrected chi connectivity index (χ1v) is 11.1. The highest BCUT2D eigenvalue weighted by Gasteiger charge is 2.36. The van der Waals surface area contributed by atoms with Gasteiger partial charge in [-0.3, -0.25) is 4.79 Å². The highest BCUT2D eigenvalue weighted by atomic mass is 79.9. The molecule has 0 bridgehead atoms. The zero-order valence-corrected chi connectivity index (χ0v) is 20.5. The number of rotatable bonds is 10. The molecule has 1 aromatic carbocycles. The average Bonchev–Trinajstić information content (AvgIpc) is 2.61. The summed E-state index contributed by atoms with van der Waals surface area (Å²) in [4.78, 5) is 24.1. The van der Waals surface area contributed by atoms with Crippen LogP contribution in [0.1, 0.15) is 72.8 Å². The van der Waals surface area contributed by atoms with Crippen LogP contribution in [0.25, 0.3) is 0 Å². The molecule has 0 saturated heterocycles. The highest BCUT2D eigenvalue weighted by molar-refractivity contribution is 9.10. The van der Waals surface area contributed by atoms with Crippen molar-refractivity contribution in [1.29, 1.82) is 0 Å². The van der Waals surface area contributed by atoms with Gasteiger partial charge in [0, 0.05) is 4.47 Å². The first-order valence-electron chi connectivity index (χ1n) is 10.3. The van der Waals surface area contributed by atoms with Crippen LogP contribution in [0.3, 0.4) is 0 Å². The zero-order valence-electron chi connectivity index (χ0n) is 18.9. The van der Waals surface area contributed by atoms with Gasteiger partial charge in [0.25, 0.3) is 0 Å². The van der Waals surface area contributed by atoms with Crippen molar-refractivity contribution in [2.75, 3.05) is 6.61 Å². The Morgan fingerprint density at radius 1 is 1.10 bits per heavy atom. The highest BCUT2D eigenvalue weighted by Crippen LogP contribution is 2.34. The molecule has 6 nitrogen and oxygen atoms in total. The number of hydrogen-bond donors (Lipinski definition) is 3. The van der Waals surface area contributed by atoms with Crippen LogP contribution in [0.5, 0.6) is 0 Å². The number of amides is 1. The van der Waals surface area contributed by atoms with Gasteiger partial charge in [0.2, 0.25) is 0 Å². The molecule has 0 fully saturated rings. The summed E-state index contributed by atoms with van der Waals surface area (Å²) in [7, 11) is 0. The fraction of sp³-hybridized carbons (Fsp3) is 0.652. The van der Waals surface area contributed by atoms with Crippen molar-refractivity contribution >= 4 is 28.0 Å². The number of nitrogens with one attached hydrogen (secondary N) is 1. The third-order valence-corrected chi connectivity index (χ3v) is 5.99. The molecule has 0 aliphatic heterocycles. The third-order valence-electron chi connectivity index (χ3n) is 5.50. The van der Waals surface area contributed by atoms with Crippen molar-refractivity contribution in [2.45, 2.75) is 84.3 Å². The molecule has 0 aliphatic rings. The Morgan fingerprint density at radius 2 is 1.70 bits per heavy atom. The van der Waals surface area contributed by atoms with Gasteiger partial charge >= 0.3 is 12.1 Å². The van der Waals surface area contributed by atoms with E-state index in [2.05, 4.69) is 21.2 Å². The van der Waals surface area contributed by atoms with E-state index in [4.69, 9.17) is 4.74 Å². The Balaban J connectivity index is 2.70. The summed E-state index contributed by atoms with van der Waals surface area (Å²) >= 11 is 3.41. The average molecular weight is 486 g/mol. The van der Waals surface area contributed by atoms with Crippen molar-refractivity contribution in [1.82, 2.24) is 5.32 Å². The summed E-state index contributed by atoms with van der Waals surface area (Å²) in [6.07, 6.45) is 2.16. The molecule has 0 heterocycles. The van der Waals surface area contributed by atoms with Crippen LogP contribution in [-0.4, -0.2) is 40.5 Å². The maximum absolute atomic E-state index is 12.1. The van der Waals surface area contributed by atoms with Crippen molar-refractivity contribution < 1.29 is 24.5 Å². The molecule has 1 amide bonds. The van der Waals surface area contributed by atoms with Gasteiger partial charge < -0.3 is 20.3 Å². The number of hydrogen-bond acceptors (Lipinski definition) is 4. The SMILES string of the molecule is CC(C)(C)OC(=O)NC(CO)C(C)(C)CCCCC(C)(C(=O)O)c1cccc(Br)c1. The van der Waals surface area contributed by atoms with E-state index in [-0.39, 0.29) is 12.0 Å². The lowest BCUT2D eigenvalue weighted by molar-refractivity contribution is -0.143. The number of benzene rings is 1. The molecule has 0 aromatic heterocycles. The minimum Gasteiger partial charge on any atom is -0.481 e. The molecule has 30 heavy (non-hydrogen) atoms. The van der Waals surface area contributed by atoms with E-state index < -0.39 is 29.1 Å². The smallest absolute Gasteiger partial charge is 0.407 e. The van der Waals surface area contributed by atoms with E-state index >= 15 is 0 Å². The van der Waals surface area contributed by atoms with E-state index in [0.29, 0.717) is 12.8 Å². The summed E-state index contributed by atoms with van der Waals surface area (Å²) in [6, 6.07) is 6.96. The molecule has 1 aromatic rings. The Morgan fingerprint density at radius 3 is 2.20 bits per heavy atom. The van der Waals surface area contributed by atoms with E-state index in [1.54, 1.807) is 27.7 Å². The normalized spacial score (nSPS) is 15.2. The summed E-state index contributed by atoms with van der Waals surface area (Å²) in [5.41, 5.74) is -1.19. The van der Waals surface area contributed by atoms with Gasteiger partial charge in [-0.2, -0.15) is 0 Å². The summed E-state index contributed by atoms with van der Waals surface area (Å²) < 4.78 is 6.14. The molecule has 2 unspecified atom stereocenters. The standard InChI is InChI=1S/C23H36BrNO5/c1-21(2,3)30-20(29)25-18(15-26)22(4,5)12-7-8-13-23(6,19(27)28)16-10-9-11-17(24)14-16/h9-11,14,18,26H,7-8,12-13,15H2,1-6H3,(H,25,29)(H,27,28). The zero-order chi connectivity index (χ0) is 23.2. The number of carbonyl (C=O) groups excluding carboxylic acids is 1. The van der Waals surface area contributed by atoms with Crippen LogP contribution in [0, 0.1) is 5.41 Å². The maximum Gasteiger partial charge on any atom is 0.407 e. The number of unbranched alkanes of at least 4 members (excludes halogenated alkanes) is 1. The van der Waals surface area contributed by atoms with Gasteiger partial charge in [-0.15, -0.1) is 0 Å². The Bertz CT molecular complexity index is 729. The molecule has 7 heteroatoms. The van der Waals surface area contributed by atoms with Gasteiger partial charge in [0.05, 0.1) is 18.1 Å².